The predicted molar refractivity (Wildman–Crippen MR) is 18.0 cm³/mol. The fourth-order valence-corrected chi connectivity index (χ4v) is 0. The van der Waals surface area contributed by atoms with E-state index in [1.165, 1.54) is 0 Å². The molecule has 0 atom stereocenters. The SMILES string of the molecule is F.F.F.F.[Be+2].[Eu].[H-].[H-]. The van der Waals surface area contributed by atoms with E-state index >= 15 is 0 Å². The maximum atomic E-state index is 0. The van der Waals surface area contributed by atoms with Crippen molar-refractivity contribution in [3.05, 3.63) is 0 Å². The summed E-state index contributed by atoms with van der Waals surface area (Å²) in [5, 5.41) is 0. The minimum Gasteiger partial charge on any atom is -1.00 e. The van der Waals surface area contributed by atoms with Crippen molar-refractivity contribution in [1.29, 1.82) is 0 Å². The molecule has 0 aromatic carbocycles. The molecule has 0 aromatic rings. The van der Waals surface area contributed by atoms with Crippen molar-refractivity contribution in [3.63, 3.8) is 0 Å². The van der Waals surface area contributed by atoms with Gasteiger partial charge in [0.1, 0.15) is 0 Å². The quantitative estimate of drug-likeness (QED) is 0.428. The third-order valence-electron chi connectivity index (χ3n) is 0. The van der Waals surface area contributed by atoms with Gasteiger partial charge in [-0.2, -0.15) is 0 Å². The molecule has 1 radical (unpaired) electrons. The number of hydrogen-bond acceptors (Lipinski definition) is 0. The van der Waals surface area contributed by atoms with Crippen LogP contribution >= 0.6 is 0 Å². The van der Waals surface area contributed by atoms with Crippen molar-refractivity contribution in [2.75, 3.05) is 0 Å². The molecule has 0 unspecified atom stereocenters. The zero-order valence-corrected chi connectivity index (χ0v) is 5.14. The van der Waals surface area contributed by atoms with E-state index in [1.807, 2.05) is 0 Å². The van der Waals surface area contributed by atoms with Crippen molar-refractivity contribution in [1.82, 2.24) is 0 Å². The molecule has 0 aliphatic rings. The number of halogens is 4. The van der Waals surface area contributed by atoms with E-state index in [0.717, 1.165) is 0 Å². The van der Waals surface area contributed by atoms with E-state index in [4.69, 9.17) is 0 Å². The van der Waals surface area contributed by atoms with Crippen LogP contribution in [0.3, 0.4) is 0 Å². The minimum atomic E-state index is 0. The number of rotatable bonds is 0. The van der Waals surface area contributed by atoms with Crippen LogP contribution in [0.1, 0.15) is 2.85 Å². The third kappa shape index (κ3) is 50.5. The second-order valence-electron chi connectivity index (χ2n) is 0. The Morgan fingerprint density at radius 3 is 0.667 bits per heavy atom. The molecule has 0 aliphatic carbocycles. The first kappa shape index (κ1) is 144. The van der Waals surface area contributed by atoms with Gasteiger partial charge in [-0.15, -0.1) is 0 Å². The van der Waals surface area contributed by atoms with Crippen molar-refractivity contribution >= 4 is 10.1 Å². The summed E-state index contributed by atoms with van der Waals surface area (Å²) in [5.41, 5.74) is 0. The molecule has 0 fully saturated rings. The topological polar surface area (TPSA) is 0 Å². The molecular formula is H6BeEuF4. The summed E-state index contributed by atoms with van der Waals surface area (Å²) in [4.78, 5) is 0. The van der Waals surface area contributed by atoms with Gasteiger partial charge in [0.15, 0.2) is 0 Å². The molecule has 0 amide bonds. The van der Waals surface area contributed by atoms with Crippen LogP contribution in [0.5, 0.6) is 0 Å². The van der Waals surface area contributed by atoms with E-state index in [1.54, 1.807) is 0 Å². The van der Waals surface area contributed by atoms with Gasteiger partial charge in [-0.1, -0.05) is 0 Å². The average molecular weight is 243 g/mol. The minimum absolute atomic E-state index is 0. The molecule has 0 nitrogen and oxygen atoms in total. The van der Waals surface area contributed by atoms with Crippen LogP contribution in [0.25, 0.3) is 0 Å². The van der Waals surface area contributed by atoms with Crippen LogP contribution in [-0.4, -0.2) is 10.1 Å². The summed E-state index contributed by atoms with van der Waals surface area (Å²) in [6.07, 6.45) is 0. The molecule has 0 saturated heterocycles. The zero-order valence-electron chi connectivity index (χ0n) is 4.72. The van der Waals surface area contributed by atoms with Crippen LogP contribution < -0.4 is 0 Å². The Bertz CT molecular complexity index is 14.0. The zero-order chi connectivity index (χ0) is 0. The van der Waals surface area contributed by atoms with Gasteiger partial charge in [-0.25, -0.2) is 0 Å². The smallest absolute Gasteiger partial charge is 1.00 e. The molecule has 0 saturated carbocycles. The summed E-state index contributed by atoms with van der Waals surface area (Å²) < 4.78 is 0. The summed E-state index contributed by atoms with van der Waals surface area (Å²) in [5.74, 6) is 0. The Balaban J connectivity index is 0. The Labute approximate surface area is 80.3 Å². The normalized spacial score (nSPS) is 0. The van der Waals surface area contributed by atoms with Crippen molar-refractivity contribution < 1.29 is 71.0 Å². The Hall–Kier alpha value is 1.47. The van der Waals surface area contributed by atoms with Gasteiger partial charge in [-0.05, 0) is 0 Å². The van der Waals surface area contributed by atoms with Gasteiger partial charge in [0.2, 0.25) is 0 Å². The average Bonchev–Trinajstić information content (AvgIpc) is 0. The van der Waals surface area contributed by atoms with E-state index < -0.39 is 0 Å². The third-order valence-corrected chi connectivity index (χ3v) is 0. The molecule has 0 aromatic heterocycles. The molecule has 43 valence electrons. The maximum absolute atomic E-state index is 0. The fraction of sp³-hybridized carbons (Fsp3) is 0. The van der Waals surface area contributed by atoms with E-state index in [0.29, 0.717) is 0 Å². The molecule has 6 heteroatoms. The molecule has 0 N–H and O–H groups in total. The molecule has 0 bridgehead atoms. The summed E-state index contributed by atoms with van der Waals surface area (Å²) in [7, 11) is 0. The van der Waals surface area contributed by atoms with Crippen LogP contribution in [0.2, 0.25) is 0 Å². The van der Waals surface area contributed by atoms with Gasteiger partial charge in [0, 0.05) is 49.4 Å². The summed E-state index contributed by atoms with van der Waals surface area (Å²) >= 11 is 0. The monoisotopic (exact) mass is 244 g/mol. The van der Waals surface area contributed by atoms with Crippen molar-refractivity contribution in [3.8, 4) is 0 Å². The van der Waals surface area contributed by atoms with Gasteiger partial charge >= 0.3 is 10.1 Å². The Morgan fingerprint density at radius 2 is 0.667 bits per heavy atom. The first-order chi connectivity index (χ1) is 0. The van der Waals surface area contributed by atoms with E-state index in [2.05, 4.69) is 0 Å². The van der Waals surface area contributed by atoms with Crippen molar-refractivity contribution in [2.45, 2.75) is 0 Å². The number of hydrogen-bond donors (Lipinski definition) is 0. The predicted octanol–water partition coefficient (Wildman–Crippen LogP) is 0.454. The standard InChI is InChI=1S/Be.Eu.4FH.2H/h;;4*1H;;/q+2;;;;;;2*-1. The van der Waals surface area contributed by atoms with Crippen LogP contribution in [0.4, 0.5) is 18.8 Å². The molecule has 0 spiro atoms. The fourth-order valence-electron chi connectivity index (χ4n) is 0. The second kappa shape index (κ2) is 89.3. The molecule has 6 heavy (non-hydrogen) atoms. The van der Waals surface area contributed by atoms with E-state index in [-0.39, 0.29) is 81.2 Å². The summed E-state index contributed by atoms with van der Waals surface area (Å²) in [6, 6.07) is 0. The van der Waals surface area contributed by atoms with Gasteiger partial charge in [0.05, 0.1) is 0 Å². The largest absolute Gasteiger partial charge is 2.00 e. The van der Waals surface area contributed by atoms with Gasteiger partial charge in [-0.3, -0.25) is 18.8 Å². The Kier molecular flexibility index (Phi) is 2150. The summed E-state index contributed by atoms with van der Waals surface area (Å²) in [6.45, 7) is 0. The molecule has 0 aliphatic heterocycles. The second-order valence-corrected chi connectivity index (χ2v) is 0. The first-order valence-electron chi connectivity index (χ1n) is 0. The van der Waals surface area contributed by atoms with Crippen LogP contribution in [0, 0.1) is 49.4 Å². The molecule has 0 heterocycles. The van der Waals surface area contributed by atoms with E-state index in [9.17, 15) is 0 Å². The van der Waals surface area contributed by atoms with Gasteiger partial charge < -0.3 is 2.85 Å². The van der Waals surface area contributed by atoms with Crippen LogP contribution in [-0.2, 0) is 0 Å². The van der Waals surface area contributed by atoms with Crippen molar-refractivity contribution in [2.24, 2.45) is 0 Å². The Morgan fingerprint density at radius 1 is 0.667 bits per heavy atom. The van der Waals surface area contributed by atoms with Gasteiger partial charge in [0.25, 0.3) is 0 Å². The maximum Gasteiger partial charge on any atom is 2.00 e. The first-order valence-corrected chi connectivity index (χ1v) is 0. The van der Waals surface area contributed by atoms with Crippen LogP contribution in [0.15, 0.2) is 0 Å². The molecule has 0 rings (SSSR count). The molecular weight excluding hydrogens is 237 g/mol.